The van der Waals surface area contributed by atoms with Gasteiger partial charge in [0.25, 0.3) is 5.91 Å². The van der Waals surface area contributed by atoms with Crippen molar-refractivity contribution < 1.29 is 23.9 Å². The van der Waals surface area contributed by atoms with Crippen molar-refractivity contribution in [3.63, 3.8) is 0 Å². The lowest BCUT2D eigenvalue weighted by molar-refractivity contribution is -0.153. The molecule has 2 N–H and O–H groups in total. The molecule has 2 aromatic heterocycles. The van der Waals surface area contributed by atoms with Crippen LogP contribution in [-0.4, -0.2) is 56.9 Å². The van der Waals surface area contributed by atoms with Gasteiger partial charge in [-0.1, -0.05) is 87.9 Å². The summed E-state index contributed by atoms with van der Waals surface area (Å²) in [4.78, 5) is 50.3. The van der Waals surface area contributed by atoms with Gasteiger partial charge in [-0.15, -0.1) is 11.3 Å². The van der Waals surface area contributed by atoms with Crippen LogP contribution < -0.4 is 5.32 Å². The number of rotatable bonds is 10. The molecule has 2 fully saturated rings. The fraction of sp³-hybridized carbons (Fsp3) is 0.310. The Morgan fingerprint density at radius 2 is 1.54 bits per heavy atom. The molecule has 2 amide bonds. The lowest BCUT2D eigenvalue weighted by Gasteiger charge is -2.38. The number of hydrogen-bond donors (Lipinski definition) is 2. The van der Waals surface area contributed by atoms with Crippen LogP contribution in [0, 0.1) is 11.7 Å². The van der Waals surface area contributed by atoms with Gasteiger partial charge in [0.1, 0.15) is 11.9 Å². The fourth-order valence-corrected chi connectivity index (χ4v) is 7.55. The summed E-state index contributed by atoms with van der Waals surface area (Å²) >= 11 is 1.39. The summed E-state index contributed by atoms with van der Waals surface area (Å²) in [5.41, 5.74) is 5.56. The SMILES string of the molecule is CC(C)(C)c1ccc(C(=O)N[C@@H](Cc2ccc(-c3ncc(-c4ccc(-c5ccc(C6CCC6)cc5)cc4F)cn3)cc2)C(=O)N2CC(C(=O)O)C2)s1. The van der Waals surface area contributed by atoms with Crippen molar-refractivity contribution in [1.82, 2.24) is 20.2 Å². The monoisotopic (exact) mass is 716 g/mol. The molecule has 0 unspecified atom stereocenters. The lowest BCUT2D eigenvalue weighted by Crippen LogP contribution is -2.59. The Morgan fingerprint density at radius 3 is 2.12 bits per heavy atom. The van der Waals surface area contributed by atoms with E-state index in [0.29, 0.717) is 27.7 Å². The normalized spacial score (nSPS) is 15.4. The first-order valence-corrected chi connectivity index (χ1v) is 18.5. The predicted molar refractivity (Wildman–Crippen MR) is 201 cm³/mol. The number of halogens is 1. The zero-order valence-corrected chi connectivity index (χ0v) is 30.3. The predicted octanol–water partition coefficient (Wildman–Crippen LogP) is 8.13. The van der Waals surface area contributed by atoms with Crippen LogP contribution in [0.5, 0.6) is 0 Å². The Kier molecular flexibility index (Phi) is 9.76. The van der Waals surface area contributed by atoms with Gasteiger partial charge in [-0.25, -0.2) is 14.4 Å². The van der Waals surface area contributed by atoms with Crippen LogP contribution in [-0.2, 0) is 21.4 Å². The minimum Gasteiger partial charge on any atom is -0.481 e. The van der Waals surface area contributed by atoms with E-state index < -0.39 is 17.9 Å². The standard InChI is InChI=1S/C42H41FN4O4S/c1-42(2,3)37-18-17-36(52-37)39(48)46-35(40(49)47-23-32(24-47)41(50)51)19-25-7-9-29(10-8-25)38-44-21-31(22-45-38)33-16-15-30(20-34(33)43)28-13-11-27(12-14-28)26-5-4-6-26/h7-18,20-22,26,32,35H,4-6,19,23-24H2,1-3H3,(H,46,48)(H,50,51)/t35-/m0/s1. The molecule has 1 saturated carbocycles. The number of nitrogens with one attached hydrogen (secondary N) is 1. The topological polar surface area (TPSA) is 112 Å². The average molecular weight is 717 g/mol. The van der Waals surface area contributed by atoms with Crippen molar-refractivity contribution in [2.24, 2.45) is 5.92 Å². The van der Waals surface area contributed by atoms with E-state index in [0.717, 1.165) is 27.1 Å². The van der Waals surface area contributed by atoms with E-state index in [-0.39, 0.29) is 42.6 Å². The van der Waals surface area contributed by atoms with Crippen molar-refractivity contribution >= 4 is 29.1 Å². The van der Waals surface area contributed by atoms with Crippen molar-refractivity contribution in [2.75, 3.05) is 13.1 Å². The maximum atomic E-state index is 15.3. The number of aromatic nitrogens is 2. The summed E-state index contributed by atoms with van der Waals surface area (Å²) in [6.07, 6.45) is 7.21. The summed E-state index contributed by atoms with van der Waals surface area (Å²) in [5.74, 6) is -1.43. The average Bonchev–Trinajstić information content (AvgIpc) is 3.59. The largest absolute Gasteiger partial charge is 0.481 e. The molecule has 0 spiro atoms. The fourth-order valence-electron chi connectivity index (χ4n) is 6.59. The molecular formula is C42H41FN4O4S. The van der Waals surface area contributed by atoms with Crippen LogP contribution in [0.1, 0.15) is 71.6 Å². The lowest BCUT2D eigenvalue weighted by atomic mass is 9.80. The van der Waals surface area contributed by atoms with Gasteiger partial charge in [0, 0.05) is 53.5 Å². The second-order valence-corrected chi connectivity index (χ2v) is 15.9. The molecule has 3 aromatic carbocycles. The molecule has 266 valence electrons. The first kappa shape index (κ1) is 35.2. The number of carbonyl (C=O) groups is 3. The van der Waals surface area contributed by atoms with Crippen LogP contribution in [0.4, 0.5) is 4.39 Å². The molecule has 1 aliphatic carbocycles. The number of nitrogens with zero attached hydrogens (tertiary/aromatic N) is 3. The molecule has 1 saturated heterocycles. The molecule has 0 bridgehead atoms. The summed E-state index contributed by atoms with van der Waals surface area (Å²) in [6.45, 7) is 6.45. The molecule has 7 rings (SSSR count). The highest BCUT2D eigenvalue weighted by Crippen LogP contribution is 2.37. The number of amides is 2. The highest BCUT2D eigenvalue weighted by atomic mass is 32.1. The summed E-state index contributed by atoms with van der Waals surface area (Å²) < 4.78 is 15.3. The van der Waals surface area contributed by atoms with Crippen molar-refractivity contribution in [3.8, 4) is 33.6 Å². The Hall–Kier alpha value is -5.22. The quantitative estimate of drug-likeness (QED) is 0.151. The molecule has 1 atom stereocenters. The Bertz CT molecular complexity index is 2100. The third-order valence-electron chi connectivity index (χ3n) is 10.1. The second-order valence-electron chi connectivity index (χ2n) is 14.9. The number of carboxylic acids is 1. The number of benzene rings is 3. The number of aliphatic carboxylic acids is 1. The molecule has 10 heteroatoms. The summed E-state index contributed by atoms with van der Waals surface area (Å²) in [5, 5.41) is 12.2. The number of carboxylic acid groups (broad SMARTS) is 1. The van der Waals surface area contributed by atoms with Crippen LogP contribution >= 0.6 is 11.3 Å². The van der Waals surface area contributed by atoms with E-state index in [2.05, 4.69) is 60.3 Å². The Labute approximate surface area is 306 Å². The molecule has 1 aliphatic heterocycles. The molecule has 3 heterocycles. The van der Waals surface area contributed by atoms with E-state index >= 15 is 4.39 Å². The van der Waals surface area contributed by atoms with Gasteiger partial charge in [-0.3, -0.25) is 14.4 Å². The van der Waals surface area contributed by atoms with Crippen molar-refractivity contribution in [3.05, 3.63) is 118 Å². The third-order valence-corrected chi connectivity index (χ3v) is 11.6. The van der Waals surface area contributed by atoms with Gasteiger partial charge < -0.3 is 15.3 Å². The summed E-state index contributed by atoms with van der Waals surface area (Å²) in [6, 6.07) is 23.9. The number of hydrogen-bond acceptors (Lipinski definition) is 6. The van der Waals surface area contributed by atoms with Crippen LogP contribution in [0.15, 0.2) is 91.3 Å². The minimum absolute atomic E-state index is 0.113. The van der Waals surface area contributed by atoms with Crippen LogP contribution in [0.3, 0.4) is 0 Å². The van der Waals surface area contributed by atoms with Crippen LogP contribution in [0.25, 0.3) is 33.6 Å². The number of carbonyl (C=O) groups excluding carboxylic acids is 2. The van der Waals surface area contributed by atoms with Gasteiger partial charge in [-0.05, 0) is 64.6 Å². The van der Waals surface area contributed by atoms with Crippen LogP contribution in [0.2, 0.25) is 0 Å². The van der Waals surface area contributed by atoms with E-state index in [9.17, 15) is 19.5 Å². The number of thiophene rings is 1. The van der Waals surface area contributed by atoms with Crippen molar-refractivity contribution in [1.29, 1.82) is 0 Å². The molecule has 5 aromatic rings. The first-order valence-electron chi connectivity index (χ1n) is 17.7. The van der Waals surface area contributed by atoms with Gasteiger partial charge in [0.2, 0.25) is 5.91 Å². The van der Waals surface area contributed by atoms with Gasteiger partial charge in [0.15, 0.2) is 5.82 Å². The summed E-state index contributed by atoms with van der Waals surface area (Å²) in [7, 11) is 0. The Balaban J connectivity index is 1.03. The smallest absolute Gasteiger partial charge is 0.310 e. The van der Waals surface area contributed by atoms with Crippen molar-refractivity contribution in [2.45, 2.75) is 63.8 Å². The zero-order valence-electron chi connectivity index (χ0n) is 29.4. The third kappa shape index (κ3) is 7.53. The van der Waals surface area contributed by atoms with Gasteiger partial charge in [-0.2, -0.15) is 0 Å². The molecule has 52 heavy (non-hydrogen) atoms. The first-order chi connectivity index (χ1) is 24.9. The van der Waals surface area contributed by atoms with Gasteiger partial charge >= 0.3 is 5.97 Å². The second kappa shape index (κ2) is 14.4. The van der Waals surface area contributed by atoms with E-state index in [1.54, 1.807) is 30.6 Å². The zero-order chi connectivity index (χ0) is 36.6. The molecular weight excluding hydrogens is 676 g/mol. The van der Waals surface area contributed by atoms with E-state index in [1.165, 1.54) is 41.1 Å². The van der Waals surface area contributed by atoms with E-state index in [1.807, 2.05) is 36.4 Å². The molecule has 8 nitrogen and oxygen atoms in total. The van der Waals surface area contributed by atoms with E-state index in [4.69, 9.17) is 0 Å². The maximum absolute atomic E-state index is 15.3. The minimum atomic E-state index is -0.938. The highest BCUT2D eigenvalue weighted by molar-refractivity contribution is 7.14. The molecule has 2 aliphatic rings. The Morgan fingerprint density at radius 1 is 0.885 bits per heavy atom. The van der Waals surface area contributed by atoms with Gasteiger partial charge in [0.05, 0.1) is 10.8 Å². The number of likely N-dealkylation sites (tertiary alicyclic amines) is 1. The highest BCUT2D eigenvalue weighted by Gasteiger charge is 2.39. The maximum Gasteiger partial charge on any atom is 0.310 e. The molecule has 0 radical (unpaired) electrons.